The van der Waals surface area contributed by atoms with Gasteiger partial charge in [-0.15, -0.1) is 0 Å². The Labute approximate surface area is 221 Å². The van der Waals surface area contributed by atoms with E-state index in [9.17, 15) is 19.2 Å². The van der Waals surface area contributed by atoms with Crippen LogP contribution in [0.3, 0.4) is 0 Å². The smallest absolute Gasteiger partial charge is 0.319 e. The minimum Gasteiger partial charge on any atom is -0.329 e. The van der Waals surface area contributed by atoms with Gasteiger partial charge in [0.1, 0.15) is 6.54 Å². The molecule has 0 spiro atoms. The number of benzene rings is 3. The summed E-state index contributed by atoms with van der Waals surface area (Å²) in [5, 5.41) is 5.31. The van der Waals surface area contributed by atoms with Gasteiger partial charge in [-0.05, 0) is 47.7 Å². The molecule has 8 nitrogen and oxygen atoms in total. The molecular weight excluding hydrogens is 488 g/mol. The Morgan fingerprint density at radius 1 is 0.811 bits per heavy atom. The highest BCUT2D eigenvalue weighted by Crippen LogP contribution is 2.17. The van der Waals surface area contributed by atoms with Gasteiger partial charge < -0.3 is 20.4 Å². The van der Waals surface area contributed by atoms with E-state index in [-0.39, 0.29) is 30.5 Å². The van der Waals surface area contributed by atoms with Crippen LogP contribution >= 0.6 is 11.8 Å². The predicted octanol–water partition coefficient (Wildman–Crippen LogP) is 4.33. The molecule has 0 radical (unpaired) electrons. The van der Waals surface area contributed by atoms with E-state index in [4.69, 9.17) is 0 Å². The Bertz CT molecular complexity index is 1220. The lowest BCUT2D eigenvalue weighted by molar-refractivity contribution is -0.121. The molecule has 0 bridgehead atoms. The number of hydrogen-bond acceptors (Lipinski definition) is 5. The summed E-state index contributed by atoms with van der Waals surface area (Å²) in [7, 11) is 1.65. The van der Waals surface area contributed by atoms with Gasteiger partial charge in [0.2, 0.25) is 11.8 Å². The maximum Gasteiger partial charge on any atom is 0.319 e. The van der Waals surface area contributed by atoms with Crippen molar-refractivity contribution >= 4 is 51.8 Å². The third-order valence-electron chi connectivity index (χ3n) is 5.42. The molecule has 0 atom stereocenters. The first-order valence-corrected chi connectivity index (χ1v) is 12.8. The zero-order valence-electron chi connectivity index (χ0n) is 20.8. The molecule has 0 saturated heterocycles. The van der Waals surface area contributed by atoms with Gasteiger partial charge in [0, 0.05) is 30.5 Å². The van der Waals surface area contributed by atoms with Crippen LogP contribution in [0.4, 0.5) is 21.9 Å². The number of thioether (sulfide) groups is 1. The third-order valence-corrected chi connectivity index (χ3v) is 6.17. The zero-order chi connectivity index (χ0) is 26.6. The monoisotopic (exact) mass is 518 g/mol. The van der Waals surface area contributed by atoms with Gasteiger partial charge in [0.25, 0.3) is 0 Å². The zero-order valence-corrected chi connectivity index (χ0v) is 21.7. The highest BCUT2D eigenvalue weighted by molar-refractivity contribution is 8.13. The molecule has 2 N–H and O–H groups in total. The van der Waals surface area contributed by atoms with Crippen molar-refractivity contribution in [3.8, 4) is 0 Å². The van der Waals surface area contributed by atoms with E-state index in [1.165, 1.54) is 21.6 Å². The van der Waals surface area contributed by atoms with Crippen LogP contribution in [0.5, 0.6) is 0 Å². The number of para-hydroxylation sites is 2. The van der Waals surface area contributed by atoms with E-state index in [0.29, 0.717) is 22.8 Å². The fraction of sp³-hybridized carbons (Fsp3) is 0.214. The fourth-order valence-electron chi connectivity index (χ4n) is 3.53. The number of carbonyl (C=O) groups is 4. The van der Waals surface area contributed by atoms with Crippen LogP contribution in [0.1, 0.15) is 12.5 Å². The van der Waals surface area contributed by atoms with Crippen molar-refractivity contribution in [3.63, 3.8) is 0 Å². The number of rotatable bonds is 10. The van der Waals surface area contributed by atoms with E-state index in [1.807, 2.05) is 49.4 Å². The van der Waals surface area contributed by atoms with Gasteiger partial charge in [-0.25, -0.2) is 4.79 Å². The summed E-state index contributed by atoms with van der Waals surface area (Å²) >= 11 is 1.25. The van der Waals surface area contributed by atoms with Crippen LogP contribution in [0, 0.1) is 0 Å². The van der Waals surface area contributed by atoms with Gasteiger partial charge in [-0.3, -0.25) is 14.4 Å². The Morgan fingerprint density at radius 3 is 2.11 bits per heavy atom. The van der Waals surface area contributed by atoms with E-state index in [1.54, 1.807) is 49.5 Å². The van der Waals surface area contributed by atoms with E-state index >= 15 is 0 Å². The second-order valence-electron chi connectivity index (χ2n) is 8.09. The maximum atomic E-state index is 13.1. The number of likely N-dealkylation sites (N-methyl/N-ethyl adjacent to an activating group) is 1. The van der Waals surface area contributed by atoms with Crippen LogP contribution in [0.25, 0.3) is 0 Å². The minimum absolute atomic E-state index is 0.0585. The number of anilines is 3. The van der Waals surface area contributed by atoms with Gasteiger partial charge in [0.05, 0.1) is 6.54 Å². The molecule has 0 aromatic heterocycles. The summed E-state index contributed by atoms with van der Waals surface area (Å²) in [6, 6.07) is 24.4. The number of hydrogen-bond donors (Lipinski definition) is 2. The van der Waals surface area contributed by atoms with Crippen molar-refractivity contribution < 1.29 is 19.2 Å². The standard InChI is InChI=1S/C28H30N4O4S/c1-3-37-27(35)18-21-11-10-12-22(17-21)30-28(36)29-19-25(33)32(24-15-8-5-9-16-24)20-26(34)31(2)23-13-6-4-7-14-23/h4-17H,3,18-20H2,1-2H3,(H2,29,30,36). The third kappa shape index (κ3) is 8.50. The number of amides is 4. The lowest BCUT2D eigenvalue weighted by Crippen LogP contribution is -2.46. The van der Waals surface area contributed by atoms with Gasteiger partial charge in [0.15, 0.2) is 5.12 Å². The molecule has 0 unspecified atom stereocenters. The molecule has 3 aromatic carbocycles. The average molecular weight is 519 g/mol. The number of carbonyl (C=O) groups excluding carboxylic acids is 4. The van der Waals surface area contributed by atoms with E-state index in [2.05, 4.69) is 10.6 Å². The largest absolute Gasteiger partial charge is 0.329 e. The Morgan fingerprint density at radius 2 is 1.46 bits per heavy atom. The number of nitrogens with zero attached hydrogens (tertiary/aromatic N) is 2. The molecule has 3 aromatic rings. The van der Waals surface area contributed by atoms with Crippen molar-refractivity contribution in [2.45, 2.75) is 13.3 Å². The molecular formula is C28H30N4O4S. The van der Waals surface area contributed by atoms with Crippen LogP contribution in [0.15, 0.2) is 84.9 Å². The first-order chi connectivity index (χ1) is 17.9. The lowest BCUT2D eigenvalue weighted by Gasteiger charge is -2.25. The summed E-state index contributed by atoms with van der Waals surface area (Å²) in [6.45, 7) is 1.42. The van der Waals surface area contributed by atoms with Crippen LogP contribution in [0.2, 0.25) is 0 Å². The Kier molecular flexibility index (Phi) is 10.3. The molecule has 0 saturated carbocycles. The summed E-state index contributed by atoms with van der Waals surface area (Å²) in [6.07, 6.45) is 0.269. The molecule has 0 heterocycles. The summed E-state index contributed by atoms with van der Waals surface area (Å²) in [5.41, 5.74) is 2.56. The first kappa shape index (κ1) is 27.5. The molecule has 37 heavy (non-hydrogen) atoms. The highest BCUT2D eigenvalue weighted by Gasteiger charge is 2.22. The highest BCUT2D eigenvalue weighted by atomic mass is 32.2. The first-order valence-electron chi connectivity index (χ1n) is 11.8. The summed E-state index contributed by atoms with van der Waals surface area (Å²) < 4.78 is 0. The predicted molar refractivity (Wildman–Crippen MR) is 149 cm³/mol. The van der Waals surface area contributed by atoms with Crippen molar-refractivity contribution in [2.75, 3.05) is 41.0 Å². The maximum absolute atomic E-state index is 13.1. The molecule has 0 aliphatic rings. The van der Waals surface area contributed by atoms with Crippen molar-refractivity contribution in [3.05, 3.63) is 90.5 Å². The van der Waals surface area contributed by atoms with Gasteiger partial charge >= 0.3 is 6.03 Å². The summed E-state index contributed by atoms with van der Waals surface area (Å²) in [5.74, 6) is -0.00556. The average Bonchev–Trinajstić information content (AvgIpc) is 2.91. The SMILES string of the molecule is CCSC(=O)Cc1cccc(NC(=O)NCC(=O)N(CC(=O)N(C)c2ccccc2)c2ccccc2)c1. The summed E-state index contributed by atoms with van der Waals surface area (Å²) in [4.78, 5) is 53.3. The normalized spacial score (nSPS) is 10.3. The molecule has 4 amide bonds. The van der Waals surface area contributed by atoms with Crippen molar-refractivity contribution in [2.24, 2.45) is 0 Å². The van der Waals surface area contributed by atoms with E-state index < -0.39 is 11.9 Å². The molecule has 0 aliphatic carbocycles. The lowest BCUT2D eigenvalue weighted by atomic mass is 10.1. The molecule has 192 valence electrons. The Balaban J connectivity index is 1.62. The fourth-order valence-corrected chi connectivity index (χ4v) is 4.12. The molecule has 0 aliphatic heterocycles. The second kappa shape index (κ2) is 13.8. The molecule has 9 heteroatoms. The van der Waals surface area contributed by atoms with Crippen LogP contribution < -0.4 is 20.4 Å². The molecule has 0 fully saturated rings. The van der Waals surface area contributed by atoms with Crippen molar-refractivity contribution in [1.29, 1.82) is 0 Å². The van der Waals surface area contributed by atoms with Crippen LogP contribution in [-0.4, -0.2) is 48.9 Å². The topological polar surface area (TPSA) is 98.8 Å². The minimum atomic E-state index is -0.569. The number of nitrogens with one attached hydrogen (secondary N) is 2. The quantitative estimate of drug-likeness (QED) is 0.416. The van der Waals surface area contributed by atoms with Gasteiger partial charge in [-0.2, -0.15) is 0 Å². The molecule has 3 rings (SSSR count). The van der Waals surface area contributed by atoms with E-state index in [0.717, 1.165) is 5.56 Å². The van der Waals surface area contributed by atoms with Crippen molar-refractivity contribution in [1.82, 2.24) is 5.32 Å². The second-order valence-corrected chi connectivity index (χ2v) is 9.41. The Hall–Kier alpha value is -4.11. The number of urea groups is 1. The van der Waals surface area contributed by atoms with Gasteiger partial charge in [-0.1, -0.05) is 67.2 Å². The van der Waals surface area contributed by atoms with Crippen LogP contribution in [-0.2, 0) is 20.8 Å².